The average molecular weight is 1140 g/mol. The second-order valence-corrected chi connectivity index (χ2v) is 23.0. The zero-order chi connectivity index (χ0) is 58.3. The molecule has 0 heterocycles. The normalized spacial score (nSPS) is 13.8. The van der Waals surface area contributed by atoms with E-state index in [4.69, 9.17) is 23.3 Å². The molecule has 0 saturated carbocycles. The largest absolute Gasteiger partial charge is 0.472 e. The lowest BCUT2D eigenvalue weighted by molar-refractivity contribution is -0.161. The Morgan fingerprint density at radius 2 is 0.650 bits per heavy atom. The lowest BCUT2D eigenvalue weighted by Gasteiger charge is -2.21. The van der Waals surface area contributed by atoms with Crippen molar-refractivity contribution >= 4 is 25.7 Å². The third-order valence-corrected chi connectivity index (χ3v) is 14.7. The van der Waals surface area contributed by atoms with Gasteiger partial charge < -0.3 is 24.2 Å². The van der Waals surface area contributed by atoms with Gasteiger partial charge in [0.15, 0.2) is 6.10 Å². The lowest BCUT2D eigenvalue weighted by atomic mass is 10.1. The molecule has 0 rings (SSSR count). The van der Waals surface area contributed by atoms with E-state index in [0.717, 1.165) is 109 Å². The molecule has 3 unspecified atom stereocenters. The van der Waals surface area contributed by atoms with Crippen LogP contribution < -0.4 is 0 Å². The first-order chi connectivity index (χ1) is 39.2. The van der Waals surface area contributed by atoms with E-state index in [0.29, 0.717) is 19.3 Å². The quantitative estimate of drug-likeness (QED) is 0.0197. The van der Waals surface area contributed by atoms with Crippen molar-refractivity contribution in [2.45, 2.75) is 303 Å². The first-order valence-electron chi connectivity index (χ1n) is 32.5. The standard InChI is InChI=1S/C68H119O11P/c1-4-7-10-13-16-19-22-25-28-31-32-35-38-41-44-47-50-53-56-59-68(72)79-65(61-75-66(70)57-54-51-48-45-42-39-36-33-29-26-23-20-17-14-11-8-5-2)63-77-80(73,74)76-62-64(60-69)78-67(71)58-55-52-49-46-43-40-37-34-30-27-24-21-18-15-12-9-6-3/h8,11,17-18,20-21,25-30,36,39,64-65,69H,4-7,9-10,12-16,19,22-24,31-35,37-38,40-63H2,1-3H3,(H,73,74)/b11-8-,20-17-,21-18-,28-25-,29-26-,30-27-,39-36-. The Morgan fingerprint density at radius 1 is 0.362 bits per heavy atom. The van der Waals surface area contributed by atoms with Crippen LogP contribution in [0.25, 0.3) is 0 Å². The molecule has 0 fully saturated rings. The number of carbonyl (C=O) groups excluding carboxylic acids is 3. The summed E-state index contributed by atoms with van der Waals surface area (Å²) in [5.41, 5.74) is 0. The molecule has 0 aliphatic heterocycles. The molecule has 0 aromatic rings. The molecule has 80 heavy (non-hydrogen) atoms. The van der Waals surface area contributed by atoms with Gasteiger partial charge in [-0.2, -0.15) is 0 Å². The number of hydrogen-bond acceptors (Lipinski definition) is 10. The molecule has 462 valence electrons. The third kappa shape index (κ3) is 59.3. The highest BCUT2D eigenvalue weighted by Gasteiger charge is 2.28. The molecular weight excluding hydrogens is 1020 g/mol. The maximum absolute atomic E-state index is 13.0. The highest BCUT2D eigenvalue weighted by molar-refractivity contribution is 7.47. The van der Waals surface area contributed by atoms with E-state index in [9.17, 15) is 28.9 Å². The summed E-state index contributed by atoms with van der Waals surface area (Å²) in [6.07, 6.45) is 72.4. The molecule has 0 aromatic carbocycles. The number of carbonyl (C=O) groups is 3. The molecule has 11 nitrogen and oxygen atoms in total. The number of allylic oxidation sites excluding steroid dienone is 14. The van der Waals surface area contributed by atoms with Gasteiger partial charge in [0.25, 0.3) is 0 Å². The minimum Gasteiger partial charge on any atom is -0.462 e. The van der Waals surface area contributed by atoms with Crippen LogP contribution in [-0.4, -0.2) is 66.5 Å². The predicted molar refractivity (Wildman–Crippen MR) is 334 cm³/mol. The van der Waals surface area contributed by atoms with E-state index in [2.05, 4.69) is 106 Å². The Balaban J connectivity index is 4.73. The van der Waals surface area contributed by atoms with Gasteiger partial charge in [-0.1, -0.05) is 241 Å². The van der Waals surface area contributed by atoms with Crippen LogP contribution >= 0.6 is 7.82 Å². The van der Waals surface area contributed by atoms with E-state index in [1.165, 1.54) is 122 Å². The van der Waals surface area contributed by atoms with Crippen molar-refractivity contribution in [3.05, 3.63) is 85.1 Å². The predicted octanol–water partition coefficient (Wildman–Crippen LogP) is 19.8. The topological polar surface area (TPSA) is 155 Å². The van der Waals surface area contributed by atoms with Crippen LogP contribution in [0, 0.1) is 0 Å². The van der Waals surface area contributed by atoms with Crippen LogP contribution in [0.15, 0.2) is 85.1 Å². The first-order valence-corrected chi connectivity index (χ1v) is 34.0. The van der Waals surface area contributed by atoms with Gasteiger partial charge in [0.2, 0.25) is 0 Å². The van der Waals surface area contributed by atoms with Gasteiger partial charge in [-0.3, -0.25) is 23.4 Å². The molecule has 3 atom stereocenters. The molecule has 0 radical (unpaired) electrons. The summed E-state index contributed by atoms with van der Waals surface area (Å²) < 4.78 is 39.7. The lowest BCUT2D eigenvalue weighted by Crippen LogP contribution is -2.30. The highest BCUT2D eigenvalue weighted by atomic mass is 31.2. The fourth-order valence-electron chi connectivity index (χ4n) is 8.84. The number of phosphoric acid groups is 1. The summed E-state index contributed by atoms with van der Waals surface area (Å²) in [6.45, 7) is 4.50. The van der Waals surface area contributed by atoms with Gasteiger partial charge in [0, 0.05) is 19.3 Å². The van der Waals surface area contributed by atoms with Crippen molar-refractivity contribution in [3.63, 3.8) is 0 Å². The molecular formula is C68H119O11P. The van der Waals surface area contributed by atoms with Gasteiger partial charge in [-0.05, 0) is 116 Å². The Bertz CT molecular complexity index is 1670. The second-order valence-electron chi connectivity index (χ2n) is 21.5. The Morgan fingerprint density at radius 3 is 1.04 bits per heavy atom. The maximum atomic E-state index is 13.0. The smallest absolute Gasteiger partial charge is 0.462 e. The zero-order valence-electron chi connectivity index (χ0n) is 51.3. The minimum atomic E-state index is -4.77. The van der Waals surface area contributed by atoms with E-state index in [1.807, 2.05) is 0 Å². The molecule has 0 spiro atoms. The Hall–Kier alpha value is -3.34. The molecule has 0 aliphatic carbocycles. The van der Waals surface area contributed by atoms with Gasteiger partial charge in [-0.25, -0.2) is 4.57 Å². The summed E-state index contributed by atoms with van der Waals surface area (Å²) in [5.74, 6) is -1.49. The summed E-state index contributed by atoms with van der Waals surface area (Å²) in [6, 6.07) is 0. The fraction of sp³-hybridized carbons (Fsp3) is 0.750. The molecule has 2 N–H and O–H groups in total. The van der Waals surface area contributed by atoms with E-state index >= 15 is 0 Å². The number of unbranched alkanes of at least 4 members (excludes halogenated alkanes) is 29. The van der Waals surface area contributed by atoms with Gasteiger partial charge in [0.05, 0.1) is 19.8 Å². The molecule has 12 heteroatoms. The summed E-state index contributed by atoms with van der Waals surface area (Å²) in [7, 11) is -4.77. The fourth-order valence-corrected chi connectivity index (χ4v) is 9.63. The number of aliphatic hydroxyl groups excluding tert-OH is 1. The van der Waals surface area contributed by atoms with Crippen molar-refractivity contribution in [2.24, 2.45) is 0 Å². The number of esters is 3. The molecule has 0 aromatic heterocycles. The third-order valence-electron chi connectivity index (χ3n) is 13.8. The summed E-state index contributed by atoms with van der Waals surface area (Å²) in [4.78, 5) is 48.8. The Kier molecular flexibility index (Phi) is 59.1. The molecule has 0 saturated heterocycles. The van der Waals surface area contributed by atoms with Gasteiger partial charge in [-0.15, -0.1) is 0 Å². The summed E-state index contributed by atoms with van der Waals surface area (Å²) >= 11 is 0. The van der Waals surface area contributed by atoms with E-state index in [1.54, 1.807) is 0 Å². The van der Waals surface area contributed by atoms with Gasteiger partial charge in [0.1, 0.15) is 12.7 Å². The van der Waals surface area contributed by atoms with Crippen LogP contribution in [0.1, 0.15) is 290 Å². The second kappa shape index (κ2) is 61.7. The number of aliphatic hydroxyl groups is 1. The SMILES string of the molecule is CC/C=C\C/C=C\C/C=C\C/C=C\CCCCCCC(=O)OCC(COP(=O)(O)OCC(CO)OC(=O)CCCCCCCCC/C=C\C/C=C\CCCCC)OC(=O)CCCCCCCCCCC/C=C\CCCCCCCC. The van der Waals surface area contributed by atoms with Crippen LogP contribution in [0.2, 0.25) is 0 Å². The van der Waals surface area contributed by atoms with Crippen LogP contribution in [-0.2, 0) is 42.2 Å². The maximum Gasteiger partial charge on any atom is 0.472 e. The van der Waals surface area contributed by atoms with Crippen LogP contribution in [0.4, 0.5) is 0 Å². The van der Waals surface area contributed by atoms with Crippen molar-refractivity contribution in [3.8, 4) is 0 Å². The highest BCUT2D eigenvalue weighted by Crippen LogP contribution is 2.43. The first kappa shape index (κ1) is 76.7. The van der Waals surface area contributed by atoms with Crippen LogP contribution in [0.5, 0.6) is 0 Å². The van der Waals surface area contributed by atoms with E-state index < -0.39 is 57.8 Å². The van der Waals surface area contributed by atoms with Crippen molar-refractivity contribution in [2.75, 3.05) is 26.4 Å². The minimum absolute atomic E-state index is 0.157. The van der Waals surface area contributed by atoms with E-state index in [-0.39, 0.29) is 25.9 Å². The van der Waals surface area contributed by atoms with Gasteiger partial charge >= 0.3 is 25.7 Å². The summed E-state index contributed by atoms with van der Waals surface area (Å²) in [5, 5.41) is 9.86. The molecule has 0 aliphatic rings. The Labute approximate surface area is 490 Å². The number of ether oxygens (including phenoxy) is 3. The van der Waals surface area contributed by atoms with Crippen molar-refractivity contribution in [1.29, 1.82) is 0 Å². The van der Waals surface area contributed by atoms with Crippen molar-refractivity contribution < 1.29 is 52.2 Å². The molecule has 0 amide bonds. The monoisotopic (exact) mass is 1140 g/mol. The molecule has 0 bridgehead atoms. The number of hydrogen-bond donors (Lipinski definition) is 2. The average Bonchev–Trinajstić information content (AvgIpc) is 3.45. The number of rotatable bonds is 60. The van der Waals surface area contributed by atoms with Crippen molar-refractivity contribution in [1.82, 2.24) is 0 Å². The number of phosphoric ester groups is 1. The zero-order valence-corrected chi connectivity index (χ0v) is 52.2. The van der Waals surface area contributed by atoms with Crippen LogP contribution in [0.3, 0.4) is 0 Å².